The molecule has 1 amide bonds. The van der Waals surface area contributed by atoms with Crippen LogP contribution < -0.4 is 0 Å². The van der Waals surface area contributed by atoms with Gasteiger partial charge in [-0.05, 0) is 113 Å². The zero-order valence-corrected chi connectivity index (χ0v) is 47.8. The lowest BCUT2D eigenvalue weighted by Gasteiger charge is -2.39. The first-order chi connectivity index (χ1) is 31.1. The zero-order valence-electron chi connectivity index (χ0n) is 44.8. The summed E-state index contributed by atoms with van der Waals surface area (Å²) in [6.07, 6.45) is 10.6. The Balaban J connectivity index is 2.00. The van der Waals surface area contributed by atoms with E-state index in [0.717, 1.165) is 85.9 Å². The average molecular weight is 980 g/mol. The molecule has 2 saturated heterocycles. The van der Waals surface area contributed by atoms with Crippen LogP contribution in [0.25, 0.3) is 0 Å². The van der Waals surface area contributed by atoms with E-state index in [1.165, 1.54) is 0 Å². The summed E-state index contributed by atoms with van der Waals surface area (Å²) < 4.78 is 40.5. The molecule has 0 spiro atoms. The van der Waals surface area contributed by atoms with E-state index in [1.54, 1.807) is 17.9 Å². The van der Waals surface area contributed by atoms with Crippen molar-refractivity contribution < 1.29 is 42.2 Å². The number of rotatable bonds is 24. The van der Waals surface area contributed by atoms with E-state index in [2.05, 4.69) is 106 Å². The Morgan fingerprint density at radius 2 is 1.47 bits per heavy atom. The number of aliphatic hydroxyl groups is 1. The molecule has 0 radical (unpaired) electrons. The van der Waals surface area contributed by atoms with Gasteiger partial charge in [-0.3, -0.25) is 4.79 Å². The number of esters is 1. The minimum absolute atomic E-state index is 0.0774. The third-order valence-electron chi connectivity index (χ3n) is 16.4. The lowest BCUT2D eigenvalue weighted by molar-refractivity contribution is -0.151. The standard InChI is InChI=1S/C52H98N2O9Si3/c1-17-44(62-65(21-5,22-6)23-7)42(13)49-45(58-49)39-51(14,63-66(24-8,25-9)26-10)32-27-28-40(11)48-41(12)29-30-46(59-50(56)54-36-34-53(16)35-37-54)52(15,57)33-31-43(38-47(55)60-48)61-64(18-2,19-3)20-4/h27-30,32,41-46,48-49,57H,17-26,31,33-39H2,1-16H3/b30-29-,32-27+,40-28+/t41-,42+,43+,44-,45-,46-,48+,49-,51-,52+/m0/s1. The maximum Gasteiger partial charge on any atom is 0.410 e. The van der Waals surface area contributed by atoms with E-state index in [-0.39, 0.29) is 49.0 Å². The first-order valence-corrected chi connectivity index (χ1v) is 34.1. The molecule has 0 saturated carbocycles. The highest BCUT2D eigenvalue weighted by Crippen LogP contribution is 2.43. The molecule has 10 atom stereocenters. The maximum absolute atomic E-state index is 14.1. The predicted octanol–water partition coefficient (Wildman–Crippen LogP) is 12.0. The molecule has 0 aromatic carbocycles. The molecule has 0 bridgehead atoms. The van der Waals surface area contributed by atoms with Crippen LogP contribution in [0.3, 0.4) is 0 Å². The monoisotopic (exact) mass is 979 g/mol. The summed E-state index contributed by atoms with van der Waals surface area (Å²) in [6, 6.07) is 9.33. The number of ether oxygens (including phenoxy) is 3. The topological polar surface area (TPSA) is 120 Å². The largest absolute Gasteiger partial charge is 0.457 e. The Hall–Kier alpha value is -1.63. The van der Waals surface area contributed by atoms with Crippen LogP contribution in [0.4, 0.5) is 4.79 Å². The molecule has 66 heavy (non-hydrogen) atoms. The highest BCUT2D eigenvalue weighted by atomic mass is 28.4. The van der Waals surface area contributed by atoms with Gasteiger partial charge >= 0.3 is 12.1 Å². The summed E-state index contributed by atoms with van der Waals surface area (Å²) in [5, 5.41) is 12.1. The van der Waals surface area contributed by atoms with Crippen LogP contribution in [0, 0.1) is 11.8 Å². The Kier molecular flexibility index (Phi) is 23.6. The number of hydrogen-bond donors (Lipinski definition) is 1. The molecule has 11 nitrogen and oxygen atoms in total. The van der Waals surface area contributed by atoms with Crippen LogP contribution in [0.15, 0.2) is 36.0 Å². The lowest BCUT2D eigenvalue weighted by Crippen LogP contribution is -2.50. The minimum Gasteiger partial charge on any atom is -0.457 e. The van der Waals surface area contributed by atoms with Crippen molar-refractivity contribution in [3.8, 4) is 0 Å². The summed E-state index contributed by atoms with van der Waals surface area (Å²) in [5.41, 5.74) is -1.09. The molecule has 0 aromatic rings. The van der Waals surface area contributed by atoms with Crippen molar-refractivity contribution in [1.29, 1.82) is 0 Å². The number of allylic oxidation sites excluding steroid dienone is 2. The number of carbonyl (C=O) groups is 2. The first-order valence-electron chi connectivity index (χ1n) is 26.5. The van der Waals surface area contributed by atoms with Crippen LogP contribution in [0.5, 0.6) is 0 Å². The summed E-state index contributed by atoms with van der Waals surface area (Å²) in [7, 11) is -3.92. The third-order valence-corrected chi connectivity index (χ3v) is 30.5. The first kappa shape index (κ1) is 58.7. The van der Waals surface area contributed by atoms with Gasteiger partial charge < -0.3 is 42.4 Å². The van der Waals surface area contributed by atoms with Gasteiger partial charge in [0.1, 0.15) is 11.7 Å². The second kappa shape index (κ2) is 26.5. The molecule has 2 fully saturated rings. The van der Waals surface area contributed by atoms with Crippen LogP contribution in [0.1, 0.15) is 136 Å². The van der Waals surface area contributed by atoms with Gasteiger partial charge in [-0.1, -0.05) is 107 Å². The van der Waals surface area contributed by atoms with E-state index in [4.69, 9.17) is 27.5 Å². The van der Waals surface area contributed by atoms with Crippen LogP contribution in [-0.2, 0) is 32.3 Å². The van der Waals surface area contributed by atoms with Gasteiger partial charge in [0.25, 0.3) is 0 Å². The molecule has 14 heteroatoms. The van der Waals surface area contributed by atoms with Crippen molar-refractivity contribution in [2.75, 3.05) is 33.2 Å². The van der Waals surface area contributed by atoms with Crippen molar-refractivity contribution in [1.82, 2.24) is 9.80 Å². The second-order valence-electron chi connectivity index (χ2n) is 20.8. The molecule has 382 valence electrons. The molecule has 3 rings (SSSR count). The molecule has 0 unspecified atom stereocenters. The van der Waals surface area contributed by atoms with Crippen molar-refractivity contribution in [2.45, 2.75) is 238 Å². The molecule has 0 aromatic heterocycles. The van der Waals surface area contributed by atoms with Gasteiger partial charge in [-0.15, -0.1) is 0 Å². The molecular weight excluding hydrogens is 881 g/mol. The number of cyclic esters (lactones) is 1. The Bertz CT molecular complexity index is 1550. The number of piperazine rings is 1. The van der Waals surface area contributed by atoms with Crippen molar-refractivity contribution in [3.63, 3.8) is 0 Å². The Morgan fingerprint density at radius 1 is 0.909 bits per heavy atom. The number of hydrogen-bond acceptors (Lipinski definition) is 10. The number of epoxide rings is 1. The SMILES string of the molecule is CC[C@H](O[Si](CC)(CC)CC)[C@@H](C)[C@@H]1O[C@H]1C[C@](C)(/C=C/C=C(\C)[C@H]1OC(=O)C[C@H](O[Si](CC)(CC)CC)CC[C@@](C)(O)[C@@H](OC(=O)N2CCN(C)CC2)/C=C\[C@@H]1C)O[Si](CC)(CC)CC. The molecule has 3 heterocycles. The number of amides is 1. The van der Waals surface area contributed by atoms with E-state index in [0.29, 0.717) is 19.5 Å². The minimum atomic E-state index is -2.14. The quantitative estimate of drug-likeness (QED) is 0.0329. The van der Waals surface area contributed by atoms with Crippen molar-refractivity contribution >= 4 is 37.0 Å². The van der Waals surface area contributed by atoms with Crippen molar-refractivity contribution in [2.24, 2.45) is 11.8 Å². The zero-order chi connectivity index (χ0) is 49.5. The fraction of sp³-hybridized carbons (Fsp3) is 0.846. The van der Waals surface area contributed by atoms with Gasteiger partial charge in [-0.25, -0.2) is 4.79 Å². The van der Waals surface area contributed by atoms with E-state index >= 15 is 0 Å². The number of nitrogens with zero attached hydrogens (tertiary/aromatic N) is 2. The smallest absolute Gasteiger partial charge is 0.410 e. The Labute approximate surface area is 406 Å². The number of likely N-dealkylation sites (N-methyl/N-ethyl adjacent to an activating group) is 1. The molecule has 0 aliphatic carbocycles. The van der Waals surface area contributed by atoms with Gasteiger partial charge in [0.15, 0.2) is 31.1 Å². The van der Waals surface area contributed by atoms with Crippen LogP contribution >= 0.6 is 0 Å². The summed E-state index contributed by atoms with van der Waals surface area (Å²) in [5.74, 6) is -0.334. The van der Waals surface area contributed by atoms with E-state index in [9.17, 15) is 14.7 Å². The van der Waals surface area contributed by atoms with Crippen LogP contribution in [0.2, 0.25) is 54.4 Å². The third kappa shape index (κ3) is 16.2. The molecule has 3 aliphatic heterocycles. The molecule has 1 N–H and O–H groups in total. The van der Waals surface area contributed by atoms with E-state index < -0.39 is 60.6 Å². The number of carbonyl (C=O) groups excluding carboxylic acids is 2. The second-order valence-corrected chi connectivity index (χ2v) is 34.9. The maximum atomic E-state index is 14.1. The normalized spacial score (nSPS) is 29.1. The van der Waals surface area contributed by atoms with Gasteiger partial charge in [0.2, 0.25) is 0 Å². The van der Waals surface area contributed by atoms with E-state index in [1.807, 2.05) is 27.0 Å². The summed E-state index contributed by atoms with van der Waals surface area (Å²) >= 11 is 0. The predicted molar refractivity (Wildman–Crippen MR) is 278 cm³/mol. The van der Waals surface area contributed by atoms with Crippen molar-refractivity contribution in [3.05, 3.63) is 36.0 Å². The van der Waals surface area contributed by atoms with Gasteiger partial charge in [0.05, 0.1) is 30.3 Å². The Morgan fingerprint density at radius 3 is 2.00 bits per heavy atom. The summed E-state index contributed by atoms with van der Waals surface area (Å²) in [4.78, 5) is 31.6. The fourth-order valence-corrected chi connectivity index (χ4v) is 19.5. The molecular formula is C52H98N2O9Si3. The summed E-state index contributed by atoms with van der Waals surface area (Å²) in [6.45, 7) is 35.4. The van der Waals surface area contributed by atoms with Crippen LogP contribution in [-0.4, -0.2) is 133 Å². The van der Waals surface area contributed by atoms with Gasteiger partial charge in [-0.2, -0.15) is 0 Å². The van der Waals surface area contributed by atoms with Gasteiger partial charge in [0, 0.05) is 50.5 Å². The molecule has 3 aliphatic rings. The highest BCUT2D eigenvalue weighted by molar-refractivity contribution is 6.74. The average Bonchev–Trinajstić information content (AvgIpc) is 4.08. The highest BCUT2D eigenvalue weighted by Gasteiger charge is 2.51. The fourth-order valence-electron chi connectivity index (χ4n) is 10.4. The lowest BCUT2D eigenvalue weighted by atomic mass is 9.88.